The lowest BCUT2D eigenvalue weighted by molar-refractivity contribution is 0.0556. The van der Waals surface area contributed by atoms with Crippen molar-refractivity contribution in [2.45, 2.75) is 102 Å². The molecule has 9 heterocycles. The Hall–Kier alpha value is -7.54. The van der Waals surface area contributed by atoms with Gasteiger partial charge in [-0.25, -0.2) is 19.6 Å². The van der Waals surface area contributed by atoms with Gasteiger partial charge < -0.3 is 20.1 Å². The minimum atomic E-state index is -0.352. The van der Waals surface area contributed by atoms with Crippen molar-refractivity contribution in [3.05, 3.63) is 154 Å². The van der Waals surface area contributed by atoms with Crippen molar-refractivity contribution in [2.24, 2.45) is 0 Å². The number of amides is 3. The summed E-state index contributed by atoms with van der Waals surface area (Å²) in [4.78, 5) is 75.4. The first-order chi connectivity index (χ1) is 34.6. The Labute approximate surface area is 418 Å². The summed E-state index contributed by atoms with van der Waals surface area (Å²) in [6.07, 6.45) is 12.5. The molecule has 71 heavy (non-hydrogen) atoms. The zero-order valence-corrected chi connectivity index (χ0v) is 40.7. The SMILES string of the molecule is CC(=O)c1c(C2C[C@H]3CC[C@@H](C2)N3C(=O)c2ncn[nH]2)nc2c(-c3ccc(C4CCCN4C(=O)OCc4ccccc4)nc3)cnn2c1N.O=C(OCc1ccccc1)N1CCCC1c1ccc(Br)cn1. The predicted molar refractivity (Wildman–Crippen MR) is 265 cm³/mol. The first kappa shape index (κ1) is 47.2. The van der Waals surface area contributed by atoms with Crippen molar-refractivity contribution >= 4 is 51.3 Å². The number of nitrogen functional groups attached to an aromatic ring is 1. The minimum Gasteiger partial charge on any atom is -0.445 e. The number of carbonyl (C=O) groups excluding carboxylic acids is 4. The Morgan fingerprint density at radius 2 is 1.32 bits per heavy atom. The van der Waals surface area contributed by atoms with E-state index in [-0.39, 0.29) is 72.2 Å². The summed E-state index contributed by atoms with van der Waals surface area (Å²) in [7, 11) is 0. The lowest BCUT2D eigenvalue weighted by Gasteiger charge is -2.38. The average Bonchev–Trinajstić information content (AvgIpc) is 4.27. The van der Waals surface area contributed by atoms with Crippen LogP contribution < -0.4 is 5.73 Å². The number of carbonyl (C=O) groups is 4. The number of H-pyrrole nitrogens is 1. The molecule has 4 fully saturated rings. The van der Waals surface area contributed by atoms with E-state index in [4.69, 9.17) is 25.2 Å². The van der Waals surface area contributed by atoms with Crippen molar-refractivity contribution in [1.29, 1.82) is 0 Å². The summed E-state index contributed by atoms with van der Waals surface area (Å²) < 4.78 is 13.5. The number of fused-ring (bicyclic) bond motifs is 3. The molecule has 0 radical (unpaired) electrons. The number of nitrogens with two attached hydrogens (primary N) is 1. The lowest BCUT2D eigenvalue weighted by atomic mass is 9.85. The summed E-state index contributed by atoms with van der Waals surface area (Å²) in [5.41, 5.74) is 13.3. The largest absolute Gasteiger partial charge is 0.445 e. The molecule has 4 aliphatic heterocycles. The van der Waals surface area contributed by atoms with Gasteiger partial charge in [0, 0.05) is 59.1 Å². The molecular weight excluding hydrogens is 969 g/mol. The van der Waals surface area contributed by atoms with E-state index >= 15 is 0 Å². The number of anilines is 1. The molecule has 0 saturated carbocycles. The van der Waals surface area contributed by atoms with Gasteiger partial charge in [0.2, 0.25) is 5.82 Å². The van der Waals surface area contributed by atoms with E-state index in [1.807, 2.05) is 89.8 Å². The quantitative estimate of drug-likeness (QED) is 0.122. The van der Waals surface area contributed by atoms with Gasteiger partial charge in [-0.3, -0.25) is 34.5 Å². The number of rotatable bonds is 10. The number of ether oxygens (including phenoxy) is 2. The highest BCUT2D eigenvalue weighted by Gasteiger charge is 2.46. The molecule has 0 aliphatic carbocycles. The van der Waals surface area contributed by atoms with Crippen molar-refractivity contribution in [3.8, 4) is 11.1 Å². The molecule has 11 rings (SSSR count). The van der Waals surface area contributed by atoms with Gasteiger partial charge in [-0.1, -0.05) is 66.7 Å². The van der Waals surface area contributed by atoms with Gasteiger partial charge in [0.1, 0.15) is 25.4 Å². The Morgan fingerprint density at radius 1 is 0.732 bits per heavy atom. The molecule has 4 saturated heterocycles. The predicted octanol–water partition coefficient (Wildman–Crippen LogP) is 9.04. The molecule has 0 spiro atoms. The highest BCUT2D eigenvalue weighted by molar-refractivity contribution is 9.10. The highest BCUT2D eigenvalue weighted by Crippen LogP contribution is 2.45. The molecule has 3 unspecified atom stereocenters. The van der Waals surface area contributed by atoms with Crippen LogP contribution in [0.5, 0.6) is 0 Å². The molecule has 5 atom stereocenters. The van der Waals surface area contributed by atoms with E-state index in [9.17, 15) is 19.2 Å². The Balaban J connectivity index is 0.000000221. The summed E-state index contributed by atoms with van der Waals surface area (Å²) in [5, 5.41) is 11.1. The summed E-state index contributed by atoms with van der Waals surface area (Å²) in [6.45, 7) is 3.34. The van der Waals surface area contributed by atoms with Crippen molar-refractivity contribution < 1.29 is 28.7 Å². The van der Waals surface area contributed by atoms with Gasteiger partial charge in [-0.05, 0) is 104 Å². The second-order valence-electron chi connectivity index (χ2n) is 18.4. The molecule has 4 aliphatic rings. The minimum absolute atomic E-state index is 0.00712. The normalized spacial score (nSPS) is 20.4. The Morgan fingerprint density at radius 3 is 1.85 bits per heavy atom. The van der Waals surface area contributed by atoms with Gasteiger partial charge in [-0.15, -0.1) is 0 Å². The van der Waals surface area contributed by atoms with E-state index in [2.05, 4.69) is 41.2 Å². The van der Waals surface area contributed by atoms with E-state index in [0.29, 0.717) is 42.9 Å². The topological polar surface area (TPSA) is 220 Å². The van der Waals surface area contributed by atoms with Crippen LogP contribution in [0.15, 0.2) is 114 Å². The second-order valence-corrected chi connectivity index (χ2v) is 19.3. The number of hydrogen-bond donors (Lipinski definition) is 2. The maximum atomic E-state index is 13.2. The standard InChI is InChI=1S/C35H36N10O4.C17H17BrN2O2/c1-20(46)29-30(23-14-24-10-11-25(15-23)44(24)34(47)32-38-19-39-42-32)41-33-26(17-40-45(33)31(29)36)22-9-12-27(37-16-22)28-8-5-13-43(28)35(48)49-18-21-6-3-2-4-7-21;18-14-8-9-15(19-11-14)16-7-4-10-20(16)17(21)22-12-13-5-2-1-3-6-13/h2-4,6-7,9,12,16-17,19,23-25,28H,5,8,10-11,13-15,18,36H2,1H3,(H,38,39,42);1-3,5-6,8-9,11,16H,4,7,10,12H2/t23?,24-,25+,28?;. The van der Waals surface area contributed by atoms with Crippen LogP contribution in [0.3, 0.4) is 0 Å². The maximum Gasteiger partial charge on any atom is 0.410 e. The van der Waals surface area contributed by atoms with Gasteiger partial charge in [0.15, 0.2) is 11.4 Å². The maximum absolute atomic E-state index is 13.2. The van der Waals surface area contributed by atoms with Crippen LogP contribution in [-0.2, 0) is 22.7 Å². The van der Waals surface area contributed by atoms with Crippen LogP contribution >= 0.6 is 15.9 Å². The van der Waals surface area contributed by atoms with E-state index in [0.717, 1.165) is 83.2 Å². The second kappa shape index (κ2) is 20.8. The number of aromatic amines is 1. The Bertz CT molecular complexity index is 3000. The van der Waals surface area contributed by atoms with Crippen molar-refractivity contribution in [1.82, 2.24) is 54.4 Å². The zero-order chi connectivity index (χ0) is 49.0. The number of nitrogens with one attached hydrogen (secondary N) is 1. The number of nitrogens with zero attached hydrogens (tertiary/aromatic N) is 10. The third-order valence-electron chi connectivity index (χ3n) is 13.9. The number of piperidine rings is 1. The first-order valence-corrected chi connectivity index (χ1v) is 24.8. The number of ketones is 1. The van der Waals surface area contributed by atoms with Crippen LogP contribution in [0.1, 0.15) is 125 Å². The molecule has 19 heteroatoms. The molecule has 5 aromatic heterocycles. The smallest absolute Gasteiger partial charge is 0.410 e. The van der Waals surface area contributed by atoms with E-state index in [1.54, 1.807) is 28.4 Å². The fourth-order valence-corrected chi connectivity index (χ4v) is 10.8. The van der Waals surface area contributed by atoms with E-state index < -0.39 is 0 Å². The third-order valence-corrected chi connectivity index (χ3v) is 14.4. The number of aromatic nitrogens is 8. The third kappa shape index (κ3) is 9.95. The number of benzene rings is 2. The molecule has 2 aromatic carbocycles. The molecule has 3 amide bonds. The summed E-state index contributed by atoms with van der Waals surface area (Å²) in [5.74, 6) is 0.0702. The Kier molecular flexibility index (Phi) is 13.8. The molecular formula is C52H53BrN12O6. The van der Waals surface area contributed by atoms with Gasteiger partial charge in [0.05, 0.1) is 40.9 Å². The number of halogens is 1. The molecule has 18 nitrogen and oxygen atoms in total. The summed E-state index contributed by atoms with van der Waals surface area (Å²) >= 11 is 3.38. The number of Topliss-reactive ketones (excluding diaryl/α,β-unsaturated/α-hetero) is 1. The van der Waals surface area contributed by atoms with Crippen LogP contribution in [0.4, 0.5) is 15.4 Å². The zero-order valence-electron chi connectivity index (χ0n) is 39.1. The van der Waals surface area contributed by atoms with Crippen LogP contribution in [0, 0.1) is 0 Å². The average molecular weight is 1020 g/mol. The van der Waals surface area contributed by atoms with Crippen LogP contribution in [-0.4, -0.2) is 103 Å². The molecule has 364 valence electrons. The lowest BCUT2D eigenvalue weighted by Crippen LogP contribution is -2.46. The monoisotopic (exact) mass is 1020 g/mol. The number of pyridine rings is 2. The van der Waals surface area contributed by atoms with Gasteiger partial charge in [-0.2, -0.15) is 14.7 Å². The summed E-state index contributed by atoms with van der Waals surface area (Å²) in [6, 6.07) is 27.0. The van der Waals surface area contributed by atoms with E-state index in [1.165, 1.54) is 17.8 Å². The van der Waals surface area contributed by atoms with Crippen LogP contribution in [0.2, 0.25) is 0 Å². The molecule has 7 aromatic rings. The highest BCUT2D eigenvalue weighted by atomic mass is 79.9. The van der Waals surface area contributed by atoms with Crippen molar-refractivity contribution in [3.63, 3.8) is 0 Å². The fourth-order valence-electron chi connectivity index (χ4n) is 10.6. The molecule has 2 bridgehead atoms. The number of hydrogen-bond acceptors (Lipinski definition) is 13. The molecule has 3 N–H and O–H groups in total. The van der Waals surface area contributed by atoms with Gasteiger partial charge >= 0.3 is 12.2 Å². The van der Waals surface area contributed by atoms with Gasteiger partial charge in [0.25, 0.3) is 5.91 Å². The number of likely N-dealkylation sites (tertiary alicyclic amines) is 2. The van der Waals surface area contributed by atoms with Crippen molar-refractivity contribution in [2.75, 3.05) is 18.8 Å². The van der Waals surface area contributed by atoms with Crippen LogP contribution in [0.25, 0.3) is 16.8 Å². The fraction of sp³-hybridized carbons (Fsp3) is 0.346. The first-order valence-electron chi connectivity index (χ1n) is 24.0.